The molecule has 0 aromatic carbocycles. The number of nitrogen functional groups attached to an aromatic ring is 1. The van der Waals surface area contributed by atoms with E-state index in [0.717, 1.165) is 36.5 Å². The summed E-state index contributed by atoms with van der Waals surface area (Å²) in [6.45, 7) is 12.6. The molecule has 1 aliphatic rings. The Hall–Kier alpha value is -1.69. The molecule has 1 aromatic rings. The maximum Gasteiger partial charge on any atom is 0.122 e. The third-order valence-electron chi connectivity index (χ3n) is 4.79. The number of hydrogen-bond donors (Lipinski definition) is 3. The van der Waals surface area contributed by atoms with E-state index in [-0.39, 0.29) is 17.0 Å². The van der Waals surface area contributed by atoms with Crippen LogP contribution in [0, 0.1) is 5.41 Å². The summed E-state index contributed by atoms with van der Waals surface area (Å²) in [5.74, 6) is 7.37. The van der Waals surface area contributed by atoms with Crippen LogP contribution < -0.4 is 17.3 Å². The summed E-state index contributed by atoms with van der Waals surface area (Å²) < 4.78 is 1.91. The van der Waals surface area contributed by atoms with Crippen molar-refractivity contribution in [2.45, 2.75) is 78.3 Å². The molecule has 2 atom stereocenters. The molecule has 2 unspecified atom stereocenters. The van der Waals surface area contributed by atoms with Crippen molar-refractivity contribution in [3.8, 4) is 0 Å². The van der Waals surface area contributed by atoms with Crippen molar-refractivity contribution in [1.82, 2.24) is 14.8 Å². The molecule has 6 nitrogen and oxygen atoms in total. The van der Waals surface area contributed by atoms with E-state index in [4.69, 9.17) is 22.4 Å². The summed E-state index contributed by atoms with van der Waals surface area (Å²) in [6.07, 6.45) is 4.97. The van der Waals surface area contributed by atoms with E-state index in [9.17, 15) is 0 Å². The van der Waals surface area contributed by atoms with E-state index < -0.39 is 0 Å². The second-order valence-corrected chi connectivity index (χ2v) is 9.02. The van der Waals surface area contributed by atoms with E-state index in [1.807, 2.05) is 16.9 Å². The van der Waals surface area contributed by atoms with Crippen molar-refractivity contribution in [2.24, 2.45) is 17.0 Å². The van der Waals surface area contributed by atoms with Gasteiger partial charge in [0.05, 0.1) is 11.2 Å². The van der Waals surface area contributed by atoms with Gasteiger partial charge in [-0.1, -0.05) is 20.8 Å². The molecule has 0 bridgehead atoms. The SMILES string of the molecule is CC(C)(C)/C(N)=C/N(N)C1CCC(c2cc(N)n(C(C)(C)C)n2)C1. The lowest BCUT2D eigenvalue weighted by Crippen LogP contribution is -2.37. The van der Waals surface area contributed by atoms with Crippen molar-refractivity contribution in [1.29, 1.82) is 0 Å². The van der Waals surface area contributed by atoms with Gasteiger partial charge in [0.1, 0.15) is 5.82 Å². The summed E-state index contributed by atoms with van der Waals surface area (Å²) in [5, 5.41) is 6.53. The number of hydrogen-bond acceptors (Lipinski definition) is 5. The van der Waals surface area contributed by atoms with Gasteiger partial charge >= 0.3 is 0 Å². The van der Waals surface area contributed by atoms with Gasteiger partial charge in [0.15, 0.2) is 0 Å². The first-order valence-electron chi connectivity index (χ1n) is 8.76. The fourth-order valence-electron chi connectivity index (χ4n) is 3.11. The summed E-state index contributed by atoms with van der Waals surface area (Å²) in [6, 6.07) is 2.30. The number of aromatic nitrogens is 2. The standard InChI is InChI=1S/C18H34N6/c1-17(2,3)15(19)11-23(21)13-8-7-12(9-13)14-10-16(20)24(22-14)18(4,5)6/h10-13H,7-9,19-21H2,1-6H3/b15-11-. The molecule has 0 amide bonds. The number of nitrogens with two attached hydrogens (primary N) is 3. The third kappa shape index (κ3) is 4.04. The Kier molecular flexibility index (Phi) is 4.91. The monoisotopic (exact) mass is 334 g/mol. The number of hydrazine groups is 1. The maximum absolute atomic E-state index is 6.25. The molecule has 0 saturated heterocycles. The average molecular weight is 335 g/mol. The predicted molar refractivity (Wildman–Crippen MR) is 99.8 cm³/mol. The molecule has 6 N–H and O–H groups in total. The molecule has 2 rings (SSSR count). The van der Waals surface area contributed by atoms with E-state index in [0.29, 0.717) is 5.92 Å². The molecule has 6 heteroatoms. The van der Waals surface area contributed by atoms with Crippen LogP contribution in [0.1, 0.15) is 72.4 Å². The predicted octanol–water partition coefficient (Wildman–Crippen LogP) is 2.88. The van der Waals surface area contributed by atoms with Crippen LogP contribution in [0.2, 0.25) is 0 Å². The first-order chi connectivity index (χ1) is 10.9. The molecule has 1 saturated carbocycles. The van der Waals surface area contributed by atoms with Crippen LogP contribution >= 0.6 is 0 Å². The normalized spacial score (nSPS) is 22.9. The van der Waals surface area contributed by atoms with Crippen molar-refractivity contribution >= 4 is 5.82 Å². The molecule has 24 heavy (non-hydrogen) atoms. The Bertz CT molecular complexity index is 602. The van der Waals surface area contributed by atoms with Crippen LogP contribution in [-0.2, 0) is 5.54 Å². The fourth-order valence-corrected chi connectivity index (χ4v) is 3.11. The van der Waals surface area contributed by atoms with E-state index in [1.165, 1.54) is 0 Å². The van der Waals surface area contributed by atoms with Crippen molar-refractivity contribution in [2.75, 3.05) is 5.73 Å². The quantitative estimate of drug-likeness (QED) is 0.583. The summed E-state index contributed by atoms with van der Waals surface area (Å²) >= 11 is 0. The zero-order valence-electron chi connectivity index (χ0n) is 16.0. The Labute approximate surface area is 146 Å². The largest absolute Gasteiger partial charge is 0.400 e. The Balaban J connectivity index is 2.08. The van der Waals surface area contributed by atoms with Gasteiger partial charge in [0, 0.05) is 35.3 Å². The minimum atomic E-state index is -0.107. The highest BCUT2D eigenvalue weighted by Gasteiger charge is 2.31. The van der Waals surface area contributed by atoms with Crippen LogP contribution in [0.25, 0.3) is 0 Å². The summed E-state index contributed by atoms with van der Waals surface area (Å²) in [4.78, 5) is 0. The second kappa shape index (κ2) is 6.31. The minimum Gasteiger partial charge on any atom is -0.400 e. The fraction of sp³-hybridized carbons (Fsp3) is 0.722. The molecular formula is C18H34N6. The molecule has 1 aromatic heterocycles. The topological polar surface area (TPSA) is 99.1 Å². The molecule has 1 heterocycles. The Morgan fingerprint density at radius 2 is 1.88 bits per heavy atom. The second-order valence-electron chi connectivity index (χ2n) is 9.02. The lowest BCUT2D eigenvalue weighted by molar-refractivity contribution is 0.277. The van der Waals surface area contributed by atoms with Gasteiger partial charge in [-0.15, -0.1) is 0 Å². The van der Waals surface area contributed by atoms with E-state index >= 15 is 0 Å². The highest BCUT2D eigenvalue weighted by Crippen LogP contribution is 2.37. The van der Waals surface area contributed by atoms with E-state index in [2.05, 4.69) is 41.5 Å². The van der Waals surface area contributed by atoms with Crippen LogP contribution in [0.5, 0.6) is 0 Å². The van der Waals surface area contributed by atoms with Crippen molar-refractivity contribution in [3.63, 3.8) is 0 Å². The molecule has 0 spiro atoms. The minimum absolute atomic E-state index is 0.0738. The Morgan fingerprint density at radius 1 is 1.25 bits per heavy atom. The van der Waals surface area contributed by atoms with Crippen LogP contribution in [0.15, 0.2) is 18.0 Å². The lowest BCUT2D eigenvalue weighted by Gasteiger charge is -2.26. The van der Waals surface area contributed by atoms with Crippen LogP contribution in [0.4, 0.5) is 5.82 Å². The van der Waals surface area contributed by atoms with Gasteiger partial charge in [-0.2, -0.15) is 5.10 Å². The van der Waals surface area contributed by atoms with Gasteiger partial charge in [-0.05, 0) is 40.0 Å². The highest BCUT2D eigenvalue weighted by atomic mass is 15.4. The van der Waals surface area contributed by atoms with Crippen molar-refractivity contribution in [3.05, 3.63) is 23.7 Å². The van der Waals surface area contributed by atoms with Gasteiger partial charge in [-0.25, -0.2) is 10.5 Å². The summed E-state index contributed by atoms with van der Waals surface area (Å²) in [7, 11) is 0. The molecular weight excluding hydrogens is 300 g/mol. The lowest BCUT2D eigenvalue weighted by atomic mass is 9.93. The van der Waals surface area contributed by atoms with Crippen molar-refractivity contribution < 1.29 is 0 Å². The van der Waals surface area contributed by atoms with E-state index in [1.54, 1.807) is 5.01 Å². The molecule has 1 fully saturated rings. The van der Waals surface area contributed by atoms with Crippen LogP contribution in [-0.4, -0.2) is 20.8 Å². The smallest absolute Gasteiger partial charge is 0.122 e. The number of rotatable bonds is 3. The third-order valence-corrected chi connectivity index (χ3v) is 4.79. The molecule has 136 valence electrons. The van der Waals surface area contributed by atoms with Gasteiger partial charge in [-0.3, -0.25) is 0 Å². The number of nitrogens with zero attached hydrogens (tertiary/aromatic N) is 3. The zero-order valence-corrected chi connectivity index (χ0v) is 16.0. The first kappa shape index (κ1) is 18.6. The average Bonchev–Trinajstić information content (AvgIpc) is 3.02. The van der Waals surface area contributed by atoms with Gasteiger partial charge in [0.2, 0.25) is 0 Å². The first-order valence-corrected chi connectivity index (χ1v) is 8.76. The molecule has 0 radical (unpaired) electrons. The highest BCUT2D eigenvalue weighted by molar-refractivity contribution is 5.34. The van der Waals surface area contributed by atoms with Gasteiger partial charge in [0.25, 0.3) is 0 Å². The molecule has 0 aliphatic heterocycles. The molecule has 1 aliphatic carbocycles. The summed E-state index contributed by atoms with van der Waals surface area (Å²) in [5.41, 5.74) is 14.0. The zero-order chi connectivity index (χ0) is 18.3. The number of anilines is 1. The Morgan fingerprint density at radius 3 is 2.38 bits per heavy atom. The van der Waals surface area contributed by atoms with Crippen LogP contribution in [0.3, 0.4) is 0 Å². The van der Waals surface area contributed by atoms with Gasteiger partial charge < -0.3 is 16.5 Å². The maximum atomic E-state index is 6.25. The number of allylic oxidation sites excluding steroid dienone is 1.